The Balaban J connectivity index is 2.02. The Morgan fingerprint density at radius 3 is 1.37 bits per heavy atom. The van der Waals surface area contributed by atoms with Gasteiger partial charge in [-0.1, -0.05) is 237 Å². The van der Waals surface area contributed by atoms with Crippen molar-refractivity contribution in [1.29, 1.82) is 0 Å². The van der Waals surface area contributed by atoms with E-state index in [1.807, 2.05) is 6.08 Å². The summed E-state index contributed by atoms with van der Waals surface area (Å²) in [6, 6.07) is -0.829. The third-order valence-electron chi connectivity index (χ3n) is 14.5. The maximum Gasteiger partial charge on any atom is 0.305 e. The van der Waals surface area contributed by atoms with Crippen molar-refractivity contribution in [1.82, 2.24) is 5.32 Å². The second kappa shape index (κ2) is 52.0. The van der Waals surface area contributed by atoms with Gasteiger partial charge < -0.3 is 45.1 Å². The summed E-state index contributed by atoms with van der Waals surface area (Å²) in [7, 11) is 0. The number of ether oxygens (including phenoxy) is 3. The third kappa shape index (κ3) is 41.7. The zero-order valence-electron chi connectivity index (χ0n) is 47.1. The molecule has 7 unspecified atom stereocenters. The van der Waals surface area contributed by atoms with Gasteiger partial charge in [-0.15, -0.1) is 0 Å². The van der Waals surface area contributed by atoms with Crippen LogP contribution in [-0.2, 0) is 23.8 Å². The molecule has 7 atom stereocenters. The third-order valence-corrected chi connectivity index (χ3v) is 14.5. The maximum absolute atomic E-state index is 13.0. The minimum absolute atomic E-state index is 0.000424. The Hall–Kier alpha value is -2.12. The van der Waals surface area contributed by atoms with E-state index in [4.69, 9.17) is 14.2 Å². The highest BCUT2D eigenvalue weighted by Gasteiger charge is 2.44. The average Bonchev–Trinajstić information content (AvgIpc) is 3.39. The zero-order chi connectivity index (χ0) is 53.1. The van der Waals surface area contributed by atoms with Gasteiger partial charge in [-0.05, 0) is 70.6 Å². The predicted molar refractivity (Wildman–Crippen MR) is 301 cm³/mol. The predicted octanol–water partition coefficient (Wildman–Crippen LogP) is 14.3. The van der Waals surface area contributed by atoms with E-state index >= 15 is 0 Å². The Morgan fingerprint density at radius 1 is 0.493 bits per heavy atom. The normalized spacial score (nSPS) is 19.1. The standard InChI is InChI=1S/C62H115NO10/c1-3-5-7-9-11-13-29-34-38-42-46-50-58(67)71-51-47-43-39-35-31-28-26-24-22-20-18-16-15-17-19-21-23-25-27-30-33-37-41-45-49-57(66)63-54(53-72-62-61(70)60(69)59(68)56(52-64)73-62)55(65)48-44-40-36-32-14-12-10-8-6-4-2/h14,17,19,32,44,48,54-56,59-62,64-65,68-70H,3-13,15-16,18,20-31,33-43,45-47,49-53H2,1-2H3,(H,63,66)/b19-17-,32-14+,48-44+. The Morgan fingerprint density at radius 2 is 0.890 bits per heavy atom. The van der Waals surface area contributed by atoms with Gasteiger partial charge in [-0.25, -0.2) is 0 Å². The van der Waals surface area contributed by atoms with Crippen LogP contribution in [0.1, 0.15) is 284 Å². The fourth-order valence-electron chi connectivity index (χ4n) is 9.56. The molecular weight excluding hydrogens is 919 g/mol. The van der Waals surface area contributed by atoms with E-state index in [-0.39, 0.29) is 18.5 Å². The number of allylic oxidation sites excluding steroid dienone is 5. The molecule has 0 spiro atoms. The lowest BCUT2D eigenvalue weighted by Crippen LogP contribution is -2.60. The number of hydrogen-bond donors (Lipinski definition) is 6. The second-order valence-corrected chi connectivity index (χ2v) is 21.4. The van der Waals surface area contributed by atoms with Gasteiger partial charge >= 0.3 is 5.97 Å². The highest BCUT2D eigenvalue weighted by Crippen LogP contribution is 2.23. The summed E-state index contributed by atoms with van der Waals surface area (Å²) in [6.07, 6.45) is 54.0. The van der Waals surface area contributed by atoms with E-state index in [1.165, 1.54) is 186 Å². The molecule has 0 aromatic rings. The first-order chi connectivity index (χ1) is 35.7. The quantitative estimate of drug-likeness (QED) is 0.0195. The van der Waals surface area contributed by atoms with Crippen LogP contribution in [0.5, 0.6) is 0 Å². The van der Waals surface area contributed by atoms with Crippen LogP contribution in [0, 0.1) is 0 Å². The van der Waals surface area contributed by atoms with Crippen molar-refractivity contribution in [2.45, 2.75) is 326 Å². The number of unbranched alkanes of at least 4 members (excludes halogenated alkanes) is 35. The SMILES string of the molecule is CCCCCC/C=C/CC/C=C/C(O)C(COC1OC(CO)C(O)C(O)C1O)NC(=O)CCCCCCCCCC/C=C\CCCCCCCCCCCCCCOC(=O)CCCCCCCCCCCCC. The number of carbonyl (C=O) groups is 2. The number of amides is 1. The number of aliphatic hydroxyl groups excluding tert-OH is 5. The van der Waals surface area contributed by atoms with Crippen LogP contribution >= 0.6 is 0 Å². The lowest BCUT2D eigenvalue weighted by atomic mass is 9.99. The van der Waals surface area contributed by atoms with Gasteiger partial charge in [0, 0.05) is 12.8 Å². The molecule has 1 aliphatic heterocycles. The molecule has 1 aliphatic rings. The van der Waals surface area contributed by atoms with Crippen LogP contribution in [0.15, 0.2) is 36.5 Å². The molecule has 11 heteroatoms. The second-order valence-electron chi connectivity index (χ2n) is 21.4. The highest BCUT2D eigenvalue weighted by molar-refractivity contribution is 5.76. The van der Waals surface area contributed by atoms with Crippen molar-refractivity contribution >= 4 is 11.9 Å². The molecule has 6 N–H and O–H groups in total. The van der Waals surface area contributed by atoms with Crippen LogP contribution in [0.3, 0.4) is 0 Å². The van der Waals surface area contributed by atoms with Gasteiger partial charge in [0.2, 0.25) is 5.91 Å². The van der Waals surface area contributed by atoms with Crippen molar-refractivity contribution in [2.75, 3.05) is 19.8 Å². The molecule has 1 rings (SSSR count). The van der Waals surface area contributed by atoms with Gasteiger partial charge in [-0.3, -0.25) is 9.59 Å². The summed E-state index contributed by atoms with van der Waals surface area (Å²) < 4.78 is 16.7. The number of nitrogens with one attached hydrogen (secondary N) is 1. The van der Waals surface area contributed by atoms with E-state index in [2.05, 4.69) is 43.5 Å². The monoisotopic (exact) mass is 1030 g/mol. The maximum atomic E-state index is 13.0. The molecule has 1 fully saturated rings. The number of rotatable bonds is 53. The van der Waals surface area contributed by atoms with Crippen molar-refractivity contribution in [3.05, 3.63) is 36.5 Å². The van der Waals surface area contributed by atoms with Gasteiger partial charge in [0.05, 0.1) is 32.0 Å². The largest absolute Gasteiger partial charge is 0.466 e. The molecule has 0 aromatic carbocycles. The van der Waals surface area contributed by atoms with E-state index in [1.54, 1.807) is 6.08 Å². The van der Waals surface area contributed by atoms with E-state index in [0.29, 0.717) is 19.4 Å². The van der Waals surface area contributed by atoms with Gasteiger partial charge in [0.25, 0.3) is 0 Å². The first-order valence-corrected chi connectivity index (χ1v) is 30.8. The number of esters is 1. The summed E-state index contributed by atoms with van der Waals surface area (Å²) in [4.78, 5) is 25.0. The Bertz CT molecular complexity index is 1310. The minimum Gasteiger partial charge on any atom is -0.466 e. The van der Waals surface area contributed by atoms with Gasteiger partial charge in [0.1, 0.15) is 24.4 Å². The number of hydrogen-bond acceptors (Lipinski definition) is 10. The Kier molecular flexibility index (Phi) is 49.0. The fraction of sp³-hybridized carbons (Fsp3) is 0.871. The first kappa shape index (κ1) is 68.9. The lowest BCUT2D eigenvalue weighted by molar-refractivity contribution is -0.302. The molecule has 0 radical (unpaired) electrons. The summed E-state index contributed by atoms with van der Waals surface area (Å²) >= 11 is 0. The molecule has 1 saturated heterocycles. The van der Waals surface area contributed by atoms with E-state index in [0.717, 1.165) is 70.6 Å². The number of carbonyl (C=O) groups excluding carboxylic acids is 2. The van der Waals surface area contributed by atoms with Crippen molar-refractivity contribution in [3.8, 4) is 0 Å². The van der Waals surface area contributed by atoms with Gasteiger partial charge in [0.15, 0.2) is 6.29 Å². The molecule has 11 nitrogen and oxygen atoms in total. The van der Waals surface area contributed by atoms with Gasteiger partial charge in [-0.2, -0.15) is 0 Å². The molecule has 0 saturated carbocycles. The molecule has 0 aliphatic carbocycles. The van der Waals surface area contributed by atoms with Crippen molar-refractivity contribution in [3.63, 3.8) is 0 Å². The smallest absolute Gasteiger partial charge is 0.305 e. The summed E-state index contributed by atoms with van der Waals surface area (Å²) in [5.74, 6) is -0.198. The van der Waals surface area contributed by atoms with E-state index in [9.17, 15) is 35.1 Å². The van der Waals surface area contributed by atoms with Crippen LogP contribution in [0.2, 0.25) is 0 Å². The number of aliphatic hydroxyl groups is 5. The molecule has 428 valence electrons. The summed E-state index contributed by atoms with van der Waals surface area (Å²) in [6.45, 7) is 4.29. The molecule has 73 heavy (non-hydrogen) atoms. The first-order valence-electron chi connectivity index (χ1n) is 30.8. The molecule has 0 bridgehead atoms. The summed E-state index contributed by atoms with van der Waals surface area (Å²) in [5, 5.41) is 54.2. The molecule has 1 amide bonds. The Labute approximate surface area is 447 Å². The van der Waals surface area contributed by atoms with Crippen LogP contribution in [0.4, 0.5) is 0 Å². The van der Waals surface area contributed by atoms with Crippen LogP contribution < -0.4 is 5.32 Å². The fourth-order valence-corrected chi connectivity index (χ4v) is 9.56. The van der Waals surface area contributed by atoms with Crippen LogP contribution in [0.25, 0.3) is 0 Å². The molecule has 0 aromatic heterocycles. The average molecular weight is 1030 g/mol. The lowest BCUT2D eigenvalue weighted by Gasteiger charge is -2.40. The van der Waals surface area contributed by atoms with Crippen molar-refractivity contribution < 1.29 is 49.3 Å². The van der Waals surface area contributed by atoms with E-state index < -0.39 is 49.5 Å². The molecular formula is C62H115NO10. The topological polar surface area (TPSA) is 175 Å². The van der Waals surface area contributed by atoms with Crippen LogP contribution in [-0.4, -0.2) is 100 Å². The molecule has 1 heterocycles. The zero-order valence-corrected chi connectivity index (χ0v) is 47.1. The summed E-state index contributed by atoms with van der Waals surface area (Å²) in [5.41, 5.74) is 0. The minimum atomic E-state index is -1.58. The van der Waals surface area contributed by atoms with Crippen molar-refractivity contribution in [2.24, 2.45) is 0 Å². The highest BCUT2D eigenvalue weighted by atomic mass is 16.7.